The number of thiazole rings is 1. The van der Waals surface area contributed by atoms with Crippen LogP contribution in [0.25, 0.3) is 10.4 Å². The Morgan fingerprint density at radius 2 is 1.72 bits per heavy atom. The Morgan fingerprint density at radius 1 is 1.00 bits per heavy atom. The van der Waals surface area contributed by atoms with Gasteiger partial charge in [0, 0.05) is 85.8 Å². The third kappa shape index (κ3) is 11.1. The van der Waals surface area contributed by atoms with Gasteiger partial charge < -0.3 is 45.1 Å². The summed E-state index contributed by atoms with van der Waals surface area (Å²) in [6.45, 7) is 19.1. The Balaban J connectivity index is 0.711. The lowest BCUT2D eigenvalue weighted by molar-refractivity contribution is -0.164. The number of hydrogen-bond acceptors (Lipinski definition) is 14. The fourth-order valence-corrected chi connectivity index (χ4v) is 12.6. The number of aromatic nitrogens is 2. The molecule has 6 heterocycles. The zero-order valence-electron chi connectivity index (χ0n) is 43.4. The highest BCUT2D eigenvalue weighted by Crippen LogP contribution is 2.56. The van der Waals surface area contributed by atoms with Gasteiger partial charge in [0.1, 0.15) is 29.8 Å². The number of carbonyl (C=O) groups excluding carboxylic acids is 3. The van der Waals surface area contributed by atoms with E-state index in [-0.39, 0.29) is 61.0 Å². The number of hydrogen-bond donors (Lipinski definition) is 4. The smallest absolute Gasteiger partial charge is 0.417 e. The number of alkyl halides is 3. The molecule has 0 bridgehead atoms. The van der Waals surface area contributed by atoms with Gasteiger partial charge in [-0.25, -0.2) is 9.97 Å². The van der Waals surface area contributed by atoms with Crippen LogP contribution in [0, 0.1) is 40.4 Å². The van der Waals surface area contributed by atoms with Crippen LogP contribution in [0.3, 0.4) is 0 Å². The summed E-state index contributed by atoms with van der Waals surface area (Å²) < 4.78 is 58.7. The SMILES string of the molecule is Cc1ncsc1-c1ccc([C@@H](NC(=O)[C@@H]2C[C@@H](O)CN2C(=O)C2NC(COCCN3CCN(c4ccc(C(=O)N[C@H]5C(C)(C)[C@H](Oc6ccc(C#N)c(C(F)(F)F)c6)C5(C)C)cn4)CC3)=CC2(C)C)C2COC2)cc1. The first-order valence-electron chi connectivity index (χ1n) is 25.5. The number of likely N-dealkylation sites (tertiary alicyclic amines) is 1. The van der Waals surface area contributed by atoms with Crippen molar-refractivity contribution in [1.82, 2.24) is 35.7 Å². The lowest BCUT2D eigenvalue weighted by Gasteiger charge is -2.63. The van der Waals surface area contributed by atoms with Crippen LogP contribution in [0.4, 0.5) is 19.0 Å². The van der Waals surface area contributed by atoms with Crippen LogP contribution in [0.1, 0.15) is 86.7 Å². The summed E-state index contributed by atoms with van der Waals surface area (Å²) in [4.78, 5) is 58.0. The van der Waals surface area contributed by atoms with Crippen LogP contribution in [0.5, 0.6) is 5.75 Å². The van der Waals surface area contributed by atoms with Gasteiger partial charge in [-0.1, -0.05) is 71.9 Å². The minimum Gasteiger partial charge on any atom is -0.489 e. The molecule has 1 aliphatic carbocycles. The normalized spacial score (nSPS) is 24.5. The molecule has 0 radical (unpaired) electrons. The molecular formula is C55H66F3N9O7S. The molecule has 4 atom stereocenters. The summed E-state index contributed by atoms with van der Waals surface area (Å²) >= 11 is 1.58. The molecule has 4 fully saturated rings. The second-order valence-electron chi connectivity index (χ2n) is 22.3. The first kappa shape index (κ1) is 53.7. The number of pyridine rings is 1. The Labute approximate surface area is 439 Å². The van der Waals surface area contributed by atoms with Gasteiger partial charge in [-0.3, -0.25) is 19.3 Å². The molecule has 3 saturated heterocycles. The predicted molar refractivity (Wildman–Crippen MR) is 275 cm³/mol. The van der Waals surface area contributed by atoms with E-state index < -0.39 is 57.8 Å². The third-order valence-electron chi connectivity index (χ3n) is 15.7. The van der Waals surface area contributed by atoms with E-state index in [0.29, 0.717) is 31.9 Å². The van der Waals surface area contributed by atoms with Crippen molar-refractivity contribution in [1.29, 1.82) is 5.26 Å². The maximum atomic E-state index is 14.3. The molecule has 4 N–H and O–H groups in total. The van der Waals surface area contributed by atoms with Crippen molar-refractivity contribution in [2.45, 2.75) is 97.4 Å². The zero-order chi connectivity index (χ0) is 53.6. The van der Waals surface area contributed by atoms with E-state index in [2.05, 4.69) is 35.7 Å². The topological polar surface area (TPSA) is 195 Å². The van der Waals surface area contributed by atoms with E-state index in [4.69, 9.17) is 14.2 Å². The van der Waals surface area contributed by atoms with E-state index in [1.807, 2.05) is 90.4 Å². The minimum atomic E-state index is -4.71. The van der Waals surface area contributed by atoms with Crippen LogP contribution in [-0.2, 0) is 25.2 Å². The molecule has 2 aromatic carbocycles. The number of rotatable bonds is 16. The number of nitriles is 1. The molecule has 0 spiro atoms. The summed E-state index contributed by atoms with van der Waals surface area (Å²) in [5.74, 6) is -0.0358. The number of β-amino-alcohol motifs (C(OH)–C–C–N with tert-alkyl or cyclic N) is 1. The van der Waals surface area contributed by atoms with Crippen molar-refractivity contribution < 1.29 is 46.9 Å². The zero-order valence-corrected chi connectivity index (χ0v) is 44.2. The number of aliphatic hydroxyl groups excluding tert-OH is 1. The molecule has 9 rings (SSSR count). The fraction of sp³-hybridized carbons (Fsp3) is 0.527. The molecule has 1 saturated carbocycles. The maximum Gasteiger partial charge on any atom is 0.417 e. The van der Waals surface area contributed by atoms with Crippen LogP contribution < -0.4 is 25.6 Å². The highest BCUT2D eigenvalue weighted by atomic mass is 32.1. The number of nitrogens with zero attached hydrogens (tertiary/aromatic N) is 6. The second-order valence-corrected chi connectivity index (χ2v) is 23.1. The lowest BCUT2D eigenvalue weighted by atomic mass is 9.49. The van der Waals surface area contributed by atoms with Gasteiger partial charge in [-0.2, -0.15) is 18.4 Å². The van der Waals surface area contributed by atoms with Crippen LogP contribution in [0.2, 0.25) is 0 Å². The monoisotopic (exact) mass is 1050 g/mol. The first-order chi connectivity index (χ1) is 35.5. The number of carbonyl (C=O) groups is 3. The van der Waals surface area contributed by atoms with Crippen LogP contribution >= 0.6 is 11.3 Å². The van der Waals surface area contributed by atoms with Crippen molar-refractivity contribution in [2.75, 3.05) is 70.6 Å². The lowest BCUT2D eigenvalue weighted by Crippen LogP contribution is -2.74. The minimum absolute atomic E-state index is 0.00163. The maximum absolute atomic E-state index is 14.3. The van der Waals surface area contributed by atoms with Crippen LogP contribution in [0.15, 0.2) is 78.1 Å². The number of anilines is 1. The molecule has 3 amide bonds. The van der Waals surface area contributed by atoms with Gasteiger partial charge in [0.15, 0.2) is 0 Å². The van der Waals surface area contributed by atoms with Crippen LogP contribution in [-0.4, -0.2) is 139 Å². The number of ether oxygens (including phenoxy) is 3. The Bertz CT molecular complexity index is 2800. The summed E-state index contributed by atoms with van der Waals surface area (Å²) in [6, 6.07) is 14.5. The molecule has 4 aromatic rings. The standard InChI is InChI=1S/C55H66F3N9O7S/c1-32-45(75-31-61-32)34-10-8-33(9-11-34)44(37-28-73-29-37)63-48(70)42-22-39(68)27-67(42)49(71)46-52(2,3)24-38(62-46)30-72-21-20-65-16-18-66(19-17-65)43-15-13-36(26-60-43)47(69)64-50-53(4,5)51(54(50,6)7)74-40-14-12-35(25-59)41(23-40)55(56,57)58/h8-15,23-24,26,31,37,39,42,44,46,50-51,62,68H,16-22,27-30H2,1-7H3,(H,63,70)(H,64,69)/t39-,42+,44-,46?,50-,51-/m1/s1. The summed E-state index contributed by atoms with van der Waals surface area (Å²) in [6.07, 6.45) is -2.36. The summed E-state index contributed by atoms with van der Waals surface area (Å²) in [5.41, 5.74) is 2.57. The third-order valence-corrected chi connectivity index (χ3v) is 16.7. The summed E-state index contributed by atoms with van der Waals surface area (Å²) in [7, 11) is 0. The first-order valence-corrected chi connectivity index (χ1v) is 26.4. The van der Waals surface area contributed by atoms with E-state index in [0.717, 1.165) is 71.5 Å². The van der Waals surface area contributed by atoms with Crippen molar-refractivity contribution in [3.8, 4) is 22.3 Å². The molecule has 20 heteroatoms. The molecule has 400 valence electrons. The Morgan fingerprint density at radius 3 is 2.33 bits per heavy atom. The number of benzene rings is 2. The number of halogens is 3. The van der Waals surface area contributed by atoms with E-state index in [1.54, 1.807) is 29.7 Å². The van der Waals surface area contributed by atoms with Crippen molar-refractivity contribution >= 4 is 34.9 Å². The van der Waals surface area contributed by atoms with E-state index in [9.17, 15) is 37.9 Å². The van der Waals surface area contributed by atoms with Gasteiger partial charge in [0.2, 0.25) is 11.8 Å². The molecule has 2 aromatic heterocycles. The predicted octanol–water partition coefficient (Wildman–Crippen LogP) is 6.50. The van der Waals surface area contributed by atoms with E-state index in [1.165, 1.54) is 11.0 Å². The molecule has 16 nitrogen and oxygen atoms in total. The van der Waals surface area contributed by atoms with Gasteiger partial charge in [0.05, 0.1) is 77.4 Å². The molecular weight excluding hydrogens is 988 g/mol. The highest BCUT2D eigenvalue weighted by molar-refractivity contribution is 7.13. The quantitative estimate of drug-likeness (QED) is 0.0890. The van der Waals surface area contributed by atoms with E-state index >= 15 is 0 Å². The highest BCUT2D eigenvalue weighted by Gasteiger charge is 2.64. The Hall–Kier alpha value is -6.11. The van der Waals surface area contributed by atoms with Crippen molar-refractivity contribution in [2.24, 2.45) is 22.2 Å². The number of aliphatic hydroxyl groups is 1. The van der Waals surface area contributed by atoms with Gasteiger partial charge in [-0.15, -0.1) is 11.3 Å². The molecule has 75 heavy (non-hydrogen) atoms. The second kappa shape index (κ2) is 21.1. The van der Waals surface area contributed by atoms with Gasteiger partial charge in [-0.05, 0) is 48.4 Å². The van der Waals surface area contributed by atoms with Crippen molar-refractivity contribution in [3.05, 3.63) is 106 Å². The number of piperazine rings is 1. The molecule has 1 unspecified atom stereocenters. The average Bonchev–Trinajstić information content (AvgIpc) is 4.10. The fourth-order valence-electron chi connectivity index (χ4n) is 11.8. The van der Waals surface area contributed by atoms with Gasteiger partial charge in [0.25, 0.3) is 5.91 Å². The number of amides is 3. The van der Waals surface area contributed by atoms with Gasteiger partial charge >= 0.3 is 6.18 Å². The average molecular weight is 1050 g/mol. The van der Waals surface area contributed by atoms with Crippen molar-refractivity contribution in [3.63, 3.8) is 0 Å². The number of aryl methyl sites for hydroxylation is 1. The molecule has 5 aliphatic rings. The number of nitrogens with one attached hydrogen (secondary N) is 3. The Kier molecular flexibility index (Phi) is 15.1. The molecule has 4 aliphatic heterocycles. The largest absolute Gasteiger partial charge is 0.489 e. The summed E-state index contributed by atoms with van der Waals surface area (Å²) in [5, 5.41) is 29.8.